The molecule has 0 aliphatic carbocycles. The molecular formula is C10H20N2O4. The molecule has 0 spiro atoms. The van der Waals surface area contributed by atoms with E-state index in [1.165, 1.54) is 0 Å². The molecule has 0 saturated carbocycles. The van der Waals surface area contributed by atoms with Crippen LogP contribution in [0, 0.1) is 0 Å². The number of carbonyl (C=O) groups excluding carboxylic acids is 1. The Morgan fingerprint density at radius 1 is 1.38 bits per heavy atom. The summed E-state index contributed by atoms with van der Waals surface area (Å²) in [5, 5.41) is 20.0. The first-order valence-electron chi connectivity index (χ1n) is 5.46. The van der Waals surface area contributed by atoms with E-state index >= 15 is 0 Å². The van der Waals surface area contributed by atoms with Crippen molar-refractivity contribution in [3.05, 3.63) is 0 Å². The van der Waals surface area contributed by atoms with Crippen LogP contribution in [-0.4, -0.2) is 52.9 Å². The van der Waals surface area contributed by atoms with Gasteiger partial charge in [-0.05, 0) is 13.3 Å². The molecule has 3 N–H and O–H groups in total. The van der Waals surface area contributed by atoms with Gasteiger partial charge >= 0.3 is 12.0 Å². The second-order valence-corrected chi connectivity index (χ2v) is 3.45. The highest BCUT2D eigenvalue weighted by molar-refractivity contribution is 5.74. The lowest BCUT2D eigenvalue weighted by molar-refractivity contribution is -0.146. The summed E-state index contributed by atoms with van der Waals surface area (Å²) in [6.45, 7) is 5.29. The van der Waals surface area contributed by atoms with Crippen LogP contribution in [0.3, 0.4) is 0 Å². The molecule has 0 fully saturated rings. The largest absolute Gasteiger partial charge is 0.479 e. The van der Waals surface area contributed by atoms with Gasteiger partial charge in [0.2, 0.25) is 0 Å². The van der Waals surface area contributed by atoms with Gasteiger partial charge in [-0.25, -0.2) is 9.59 Å². The van der Waals surface area contributed by atoms with Gasteiger partial charge in [0, 0.05) is 26.1 Å². The molecule has 94 valence electrons. The highest BCUT2D eigenvalue weighted by Gasteiger charge is 2.14. The monoisotopic (exact) mass is 232 g/mol. The summed E-state index contributed by atoms with van der Waals surface area (Å²) in [6.07, 6.45) is -0.523. The molecule has 0 aliphatic rings. The Labute approximate surface area is 95.2 Å². The molecule has 6 nitrogen and oxygen atoms in total. The van der Waals surface area contributed by atoms with Gasteiger partial charge in [-0.3, -0.25) is 0 Å². The van der Waals surface area contributed by atoms with Crippen LogP contribution in [0.15, 0.2) is 0 Å². The fourth-order valence-electron chi connectivity index (χ4n) is 1.22. The summed E-state index contributed by atoms with van der Waals surface area (Å²) in [7, 11) is 0. The van der Waals surface area contributed by atoms with Crippen molar-refractivity contribution in [2.75, 3.05) is 19.6 Å². The minimum absolute atomic E-state index is 0.0186. The van der Waals surface area contributed by atoms with Gasteiger partial charge in [0.1, 0.15) is 0 Å². The Balaban J connectivity index is 3.83. The molecular weight excluding hydrogens is 212 g/mol. The summed E-state index contributed by atoms with van der Waals surface area (Å²) in [6, 6.07) is -0.220. The van der Waals surface area contributed by atoms with Crippen LogP contribution in [0.5, 0.6) is 0 Å². The molecule has 0 bridgehead atoms. The standard InChI is InChI=1S/C10H20N2O4/c1-3-7-12(4-2)10(16)11-6-5-8(13)9(14)15/h8,13H,3-7H2,1-2H3,(H,11,16)(H,14,15). The lowest BCUT2D eigenvalue weighted by atomic mass is 10.2. The van der Waals surface area contributed by atoms with Crippen molar-refractivity contribution in [3.63, 3.8) is 0 Å². The maximum atomic E-state index is 11.5. The zero-order valence-corrected chi connectivity index (χ0v) is 9.77. The second kappa shape index (κ2) is 7.92. The van der Waals surface area contributed by atoms with Crippen LogP contribution in [0.25, 0.3) is 0 Å². The van der Waals surface area contributed by atoms with E-state index in [0.29, 0.717) is 13.1 Å². The molecule has 0 radical (unpaired) electrons. The molecule has 0 heterocycles. The van der Waals surface area contributed by atoms with E-state index in [0.717, 1.165) is 6.42 Å². The highest BCUT2D eigenvalue weighted by atomic mass is 16.4. The average Bonchev–Trinajstić information content (AvgIpc) is 2.25. The van der Waals surface area contributed by atoms with E-state index in [1.807, 2.05) is 13.8 Å². The van der Waals surface area contributed by atoms with Crippen LogP contribution >= 0.6 is 0 Å². The SMILES string of the molecule is CCCN(CC)C(=O)NCCC(O)C(=O)O. The number of carbonyl (C=O) groups is 2. The quantitative estimate of drug-likeness (QED) is 0.587. The topological polar surface area (TPSA) is 89.9 Å². The van der Waals surface area contributed by atoms with Crippen molar-refractivity contribution in [1.82, 2.24) is 10.2 Å². The molecule has 1 unspecified atom stereocenters. The van der Waals surface area contributed by atoms with Crippen molar-refractivity contribution < 1.29 is 19.8 Å². The summed E-state index contributed by atoms with van der Waals surface area (Å²) >= 11 is 0. The average molecular weight is 232 g/mol. The minimum atomic E-state index is -1.42. The van der Waals surface area contributed by atoms with Crippen LogP contribution in [0.2, 0.25) is 0 Å². The van der Waals surface area contributed by atoms with E-state index < -0.39 is 12.1 Å². The minimum Gasteiger partial charge on any atom is -0.479 e. The first kappa shape index (κ1) is 14.7. The Bertz CT molecular complexity index is 233. The van der Waals surface area contributed by atoms with Crippen molar-refractivity contribution in [2.24, 2.45) is 0 Å². The number of hydrogen-bond donors (Lipinski definition) is 3. The van der Waals surface area contributed by atoms with Crippen molar-refractivity contribution in [2.45, 2.75) is 32.8 Å². The number of amides is 2. The number of aliphatic hydroxyl groups is 1. The molecule has 16 heavy (non-hydrogen) atoms. The van der Waals surface area contributed by atoms with Gasteiger partial charge in [-0.15, -0.1) is 0 Å². The van der Waals surface area contributed by atoms with Crippen molar-refractivity contribution in [3.8, 4) is 0 Å². The van der Waals surface area contributed by atoms with Gasteiger partial charge in [0.15, 0.2) is 6.10 Å². The van der Waals surface area contributed by atoms with Gasteiger partial charge in [-0.1, -0.05) is 6.92 Å². The Hall–Kier alpha value is -1.30. The van der Waals surface area contributed by atoms with E-state index in [4.69, 9.17) is 10.2 Å². The fraction of sp³-hybridized carbons (Fsp3) is 0.800. The molecule has 0 aliphatic heterocycles. The Kier molecular flexibility index (Phi) is 7.28. The second-order valence-electron chi connectivity index (χ2n) is 3.45. The Morgan fingerprint density at radius 2 is 2.00 bits per heavy atom. The molecule has 1 atom stereocenters. The predicted molar refractivity (Wildman–Crippen MR) is 59.2 cm³/mol. The number of aliphatic carboxylic acids is 1. The molecule has 6 heteroatoms. The van der Waals surface area contributed by atoms with Gasteiger partial charge < -0.3 is 20.4 Å². The normalized spacial score (nSPS) is 11.9. The smallest absolute Gasteiger partial charge is 0.332 e. The fourth-order valence-corrected chi connectivity index (χ4v) is 1.22. The summed E-state index contributed by atoms with van der Waals surface area (Å²) in [5.74, 6) is -1.27. The first-order valence-corrected chi connectivity index (χ1v) is 5.46. The molecule has 0 rings (SSSR count). The highest BCUT2D eigenvalue weighted by Crippen LogP contribution is 1.94. The number of aliphatic hydroxyl groups excluding tert-OH is 1. The van der Waals surface area contributed by atoms with Gasteiger partial charge in [-0.2, -0.15) is 0 Å². The maximum absolute atomic E-state index is 11.5. The number of hydrogen-bond acceptors (Lipinski definition) is 3. The number of nitrogens with one attached hydrogen (secondary N) is 1. The third-order valence-electron chi connectivity index (χ3n) is 2.14. The predicted octanol–water partition coefficient (Wildman–Crippen LogP) is 0.263. The Morgan fingerprint density at radius 3 is 2.44 bits per heavy atom. The number of carboxylic acids is 1. The van der Waals surface area contributed by atoms with Crippen LogP contribution in [0.4, 0.5) is 4.79 Å². The van der Waals surface area contributed by atoms with E-state index in [2.05, 4.69) is 5.32 Å². The van der Waals surface area contributed by atoms with Crippen LogP contribution in [-0.2, 0) is 4.79 Å². The molecule has 0 aromatic rings. The van der Waals surface area contributed by atoms with E-state index in [9.17, 15) is 9.59 Å². The van der Waals surface area contributed by atoms with Crippen molar-refractivity contribution >= 4 is 12.0 Å². The molecule has 0 saturated heterocycles. The third kappa shape index (κ3) is 5.55. The summed E-state index contributed by atoms with van der Waals surface area (Å²) in [4.78, 5) is 23.4. The van der Waals surface area contributed by atoms with Crippen LogP contribution < -0.4 is 5.32 Å². The summed E-state index contributed by atoms with van der Waals surface area (Å²) in [5.41, 5.74) is 0. The number of rotatable bonds is 7. The number of urea groups is 1. The van der Waals surface area contributed by atoms with Crippen molar-refractivity contribution in [1.29, 1.82) is 0 Å². The lowest BCUT2D eigenvalue weighted by Gasteiger charge is -2.20. The summed E-state index contributed by atoms with van der Waals surface area (Å²) < 4.78 is 0. The number of carboxylic acid groups (broad SMARTS) is 1. The van der Waals surface area contributed by atoms with E-state index in [-0.39, 0.29) is 19.0 Å². The van der Waals surface area contributed by atoms with E-state index in [1.54, 1.807) is 4.90 Å². The van der Waals surface area contributed by atoms with Crippen LogP contribution in [0.1, 0.15) is 26.7 Å². The van der Waals surface area contributed by atoms with Gasteiger partial charge in [0.25, 0.3) is 0 Å². The number of nitrogens with zero attached hydrogens (tertiary/aromatic N) is 1. The maximum Gasteiger partial charge on any atom is 0.332 e. The molecule has 0 aromatic carbocycles. The molecule has 0 aromatic heterocycles. The van der Waals surface area contributed by atoms with Gasteiger partial charge in [0.05, 0.1) is 0 Å². The third-order valence-corrected chi connectivity index (χ3v) is 2.14. The molecule has 2 amide bonds. The first-order chi connectivity index (χ1) is 7.52. The zero-order valence-electron chi connectivity index (χ0n) is 9.77. The lowest BCUT2D eigenvalue weighted by Crippen LogP contribution is -2.41. The zero-order chi connectivity index (χ0) is 12.6.